The molecule has 0 aliphatic carbocycles. The van der Waals surface area contributed by atoms with Crippen LogP contribution in [0.25, 0.3) is 0 Å². The maximum Gasteiger partial charge on any atom is 0.410 e. The molecule has 1 atom stereocenters. The van der Waals surface area contributed by atoms with Crippen molar-refractivity contribution < 1.29 is 19.1 Å². The first kappa shape index (κ1) is 23.1. The fourth-order valence-electron chi connectivity index (χ4n) is 2.11. The lowest BCUT2D eigenvalue weighted by molar-refractivity contribution is -0.120. The first-order valence-corrected chi connectivity index (χ1v) is 9.42. The second-order valence-electron chi connectivity index (χ2n) is 7.41. The van der Waals surface area contributed by atoms with Crippen molar-refractivity contribution in [2.24, 2.45) is 0 Å². The molecule has 0 bridgehead atoms. The number of rotatable bonds is 5. The number of aromatic nitrogens is 2. The molecule has 3 amide bonds. The minimum Gasteiger partial charge on any atom is -0.444 e. The van der Waals surface area contributed by atoms with Crippen LogP contribution in [-0.2, 0) is 9.53 Å². The summed E-state index contributed by atoms with van der Waals surface area (Å²) in [6, 6.07) is 7.86. The standard InChI is InChI=1S/C20H23ClN5O4/c1-12(26(5)19(29)30-20(2,3)4)17(27)24-15-7-6-8-16(23-15)25-18(28)14-10-9-13(21)11-22-14/h7-12H,1-5H3,(H2,23,24,25,27,28). The van der Waals surface area contributed by atoms with Crippen molar-refractivity contribution in [3.05, 3.63) is 47.2 Å². The number of anilines is 2. The summed E-state index contributed by atoms with van der Waals surface area (Å²) in [7, 11) is 1.47. The minimum absolute atomic E-state index is 0.156. The van der Waals surface area contributed by atoms with E-state index >= 15 is 0 Å². The Labute approximate surface area is 179 Å². The molecule has 0 saturated carbocycles. The van der Waals surface area contributed by atoms with E-state index in [4.69, 9.17) is 16.3 Å². The van der Waals surface area contributed by atoms with Crippen molar-refractivity contribution in [1.29, 1.82) is 0 Å². The molecule has 0 spiro atoms. The summed E-state index contributed by atoms with van der Waals surface area (Å²) in [5.74, 6) is -0.643. The maximum atomic E-state index is 12.5. The lowest BCUT2D eigenvalue weighted by Gasteiger charge is -2.28. The maximum absolute atomic E-state index is 12.5. The van der Waals surface area contributed by atoms with Gasteiger partial charge in [-0.2, -0.15) is 0 Å². The third-order valence-corrected chi connectivity index (χ3v) is 4.00. The van der Waals surface area contributed by atoms with Crippen molar-refractivity contribution >= 4 is 41.1 Å². The average molecular weight is 433 g/mol. The van der Waals surface area contributed by atoms with E-state index in [0.29, 0.717) is 5.02 Å². The van der Waals surface area contributed by atoms with E-state index < -0.39 is 29.6 Å². The Bertz CT molecular complexity index is 928. The van der Waals surface area contributed by atoms with E-state index in [-0.39, 0.29) is 17.3 Å². The molecular formula is C20H23ClN5O4. The topological polar surface area (TPSA) is 114 Å². The fraction of sp³-hybridized carbons (Fsp3) is 0.350. The highest BCUT2D eigenvalue weighted by Crippen LogP contribution is 2.14. The summed E-state index contributed by atoms with van der Waals surface area (Å²) in [6.07, 6.45) is 0.732. The number of nitrogens with one attached hydrogen (secondary N) is 2. The van der Waals surface area contributed by atoms with Gasteiger partial charge in [0.25, 0.3) is 5.91 Å². The molecule has 1 unspecified atom stereocenters. The number of amides is 3. The highest BCUT2D eigenvalue weighted by molar-refractivity contribution is 6.30. The molecule has 0 aliphatic heterocycles. The van der Waals surface area contributed by atoms with Crippen LogP contribution in [0.3, 0.4) is 0 Å². The molecule has 2 aromatic rings. The lowest BCUT2D eigenvalue weighted by Crippen LogP contribution is -2.45. The van der Waals surface area contributed by atoms with Crippen LogP contribution in [0.15, 0.2) is 30.5 Å². The molecule has 30 heavy (non-hydrogen) atoms. The van der Waals surface area contributed by atoms with Crippen LogP contribution >= 0.6 is 11.6 Å². The third-order valence-electron chi connectivity index (χ3n) is 3.78. The van der Waals surface area contributed by atoms with Crippen LogP contribution in [0, 0.1) is 6.07 Å². The summed E-state index contributed by atoms with van der Waals surface area (Å²) < 4.78 is 5.26. The zero-order valence-electron chi connectivity index (χ0n) is 17.3. The van der Waals surface area contributed by atoms with Gasteiger partial charge in [0.15, 0.2) is 0 Å². The van der Waals surface area contributed by atoms with E-state index in [0.717, 1.165) is 0 Å². The molecule has 0 saturated heterocycles. The van der Waals surface area contributed by atoms with Crippen LogP contribution in [0.5, 0.6) is 0 Å². The largest absolute Gasteiger partial charge is 0.444 e. The fourth-order valence-corrected chi connectivity index (χ4v) is 2.22. The van der Waals surface area contributed by atoms with Crippen LogP contribution in [-0.4, -0.2) is 51.5 Å². The van der Waals surface area contributed by atoms with Crippen molar-refractivity contribution in [1.82, 2.24) is 14.9 Å². The zero-order chi connectivity index (χ0) is 22.5. The second kappa shape index (κ2) is 9.53. The number of hydrogen-bond acceptors (Lipinski definition) is 6. The average Bonchev–Trinajstić information content (AvgIpc) is 2.66. The minimum atomic E-state index is -0.821. The molecule has 1 radical (unpaired) electrons. The van der Waals surface area contributed by atoms with Crippen molar-refractivity contribution in [2.75, 3.05) is 17.7 Å². The number of ether oxygens (including phenoxy) is 1. The van der Waals surface area contributed by atoms with E-state index in [9.17, 15) is 14.4 Å². The summed E-state index contributed by atoms with van der Waals surface area (Å²) in [6.45, 7) is 6.77. The van der Waals surface area contributed by atoms with Crippen LogP contribution < -0.4 is 10.6 Å². The van der Waals surface area contributed by atoms with Gasteiger partial charge in [0.05, 0.1) is 5.02 Å². The molecule has 159 valence electrons. The van der Waals surface area contributed by atoms with Gasteiger partial charge >= 0.3 is 6.09 Å². The monoisotopic (exact) mass is 432 g/mol. The van der Waals surface area contributed by atoms with Gasteiger partial charge in [-0.3, -0.25) is 14.5 Å². The van der Waals surface area contributed by atoms with Crippen LogP contribution in [0.1, 0.15) is 38.2 Å². The molecule has 2 rings (SSSR count). The number of carbonyl (C=O) groups is 3. The quantitative estimate of drug-likeness (QED) is 0.748. The van der Waals surface area contributed by atoms with Gasteiger partial charge in [0, 0.05) is 13.2 Å². The Balaban J connectivity index is 2.01. The van der Waals surface area contributed by atoms with Crippen molar-refractivity contribution in [2.45, 2.75) is 39.3 Å². The smallest absolute Gasteiger partial charge is 0.410 e. The van der Waals surface area contributed by atoms with Crippen molar-refractivity contribution in [3.63, 3.8) is 0 Å². The Morgan fingerprint density at radius 2 is 1.80 bits per heavy atom. The Morgan fingerprint density at radius 3 is 2.37 bits per heavy atom. The predicted octanol–water partition coefficient (Wildman–Crippen LogP) is 3.38. The molecule has 2 aromatic heterocycles. The first-order chi connectivity index (χ1) is 14.0. The molecule has 2 heterocycles. The van der Waals surface area contributed by atoms with E-state index in [1.807, 2.05) is 0 Å². The lowest BCUT2D eigenvalue weighted by atomic mass is 10.2. The SMILES string of the molecule is CC(C(=O)Nc1c[c]cc(NC(=O)c2ccc(Cl)cn2)n1)N(C)C(=O)OC(C)(C)C. The summed E-state index contributed by atoms with van der Waals surface area (Å²) in [4.78, 5) is 46.1. The Morgan fingerprint density at radius 1 is 1.17 bits per heavy atom. The molecule has 0 aliphatic rings. The first-order valence-electron chi connectivity index (χ1n) is 9.04. The Kier molecular flexibility index (Phi) is 7.33. The second-order valence-corrected chi connectivity index (χ2v) is 7.85. The van der Waals surface area contributed by atoms with Gasteiger partial charge in [0.2, 0.25) is 5.91 Å². The van der Waals surface area contributed by atoms with Gasteiger partial charge in [0.1, 0.15) is 29.0 Å². The number of pyridine rings is 2. The number of carbonyl (C=O) groups excluding carboxylic acids is 3. The van der Waals surface area contributed by atoms with Gasteiger partial charge in [-0.25, -0.2) is 14.8 Å². The highest BCUT2D eigenvalue weighted by atomic mass is 35.5. The van der Waals surface area contributed by atoms with E-state index in [1.165, 1.54) is 36.3 Å². The number of likely N-dealkylation sites (N-methyl/N-ethyl adjacent to an activating group) is 1. The van der Waals surface area contributed by atoms with Crippen molar-refractivity contribution in [3.8, 4) is 0 Å². The van der Waals surface area contributed by atoms with Gasteiger partial charge in [-0.15, -0.1) is 0 Å². The summed E-state index contributed by atoms with van der Waals surface area (Å²) in [5, 5.41) is 5.56. The van der Waals surface area contributed by atoms with Crippen LogP contribution in [0.4, 0.5) is 16.4 Å². The summed E-state index contributed by atoms with van der Waals surface area (Å²) in [5.41, 5.74) is -0.521. The predicted molar refractivity (Wildman–Crippen MR) is 112 cm³/mol. The van der Waals surface area contributed by atoms with Crippen LogP contribution in [0.2, 0.25) is 5.02 Å². The number of halogens is 1. The third kappa shape index (κ3) is 6.70. The molecule has 10 heteroatoms. The van der Waals surface area contributed by atoms with Gasteiger partial charge < -0.3 is 15.4 Å². The molecule has 2 N–H and O–H groups in total. The van der Waals surface area contributed by atoms with Gasteiger partial charge in [-0.1, -0.05) is 11.6 Å². The normalized spacial score (nSPS) is 11.9. The molecule has 0 aromatic carbocycles. The molecule has 0 fully saturated rings. The number of hydrogen-bond donors (Lipinski definition) is 2. The molecule has 9 nitrogen and oxygen atoms in total. The molecular weight excluding hydrogens is 410 g/mol. The number of nitrogens with zero attached hydrogens (tertiary/aromatic N) is 3. The van der Waals surface area contributed by atoms with Gasteiger partial charge in [-0.05, 0) is 58.0 Å². The zero-order valence-corrected chi connectivity index (χ0v) is 18.1. The summed E-state index contributed by atoms with van der Waals surface area (Å²) >= 11 is 5.76. The highest BCUT2D eigenvalue weighted by Gasteiger charge is 2.27. The van der Waals surface area contributed by atoms with E-state index in [1.54, 1.807) is 33.8 Å². The van der Waals surface area contributed by atoms with E-state index in [2.05, 4.69) is 26.7 Å². The Hall–Kier alpha value is -3.20.